The summed E-state index contributed by atoms with van der Waals surface area (Å²) in [5.41, 5.74) is 5.73. The highest BCUT2D eigenvalue weighted by molar-refractivity contribution is 5.79. The van der Waals surface area contributed by atoms with Crippen molar-refractivity contribution in [2.24, 2.45) is 0 Å². The summed E-state index contributed by atoms with van der Waals surface area (Å²) in [4.78, 5) is 16.0. The highest BCUT2D eigenvalue weighted by Gasteiger charge is 2.24. The zero-order valence-electron chi connectivity index (χ0n) is 18.8. The summed E-state index contributed by atoms with van der Waals surface area (Å²) in [6, 6.07) is 1.99. The molecule has 0 saturated carbocycles. The molecule has 0 unspecified atom stereocenters. The van der Waals surface area contributed by atoms with Crippen molar-refractivity contribution in [3.05, 3.63) is 36.0 Å². The van der Waals surface area contributed by atoms with Gasteiger partial charge in [0.1, 0.15) is 17.4 Å². The van der Waals surface area contributed by atoms with Crippen LogP contribution in [0, 0.1) is 6.92 Å². The predicted molar refractivity (Wildman–Crippen MR) is 122 cm³/mol. The van der Waals surface area contributed by atoms with Crippen LogP contribution in [0.3, 0.4) is 0 Å². The summed E-state index contributed by atoms with van der Waals surface area (Å²) < 4.78 is 9.39. The van der Waals surface area contributed by atoms with E-state index in [-0.39, 0.29) is 0 Å². The fourth-order valence-corrected chi connectivity index (χ4v) is 4.21. The molecule has 0 amide bonds. The van der Waals surface area contributed by atoms with Crippen molar-refractivity contribution in [3.63, 3.8) is 0 Å². The number of nitrogens with one attached hydrogen (secondary N) is 1. The Hall–Kier alpha value is -3.11. The van der Waals surface area contributed by atoms with Crippen LogP contribution in [0.15, 0.2) is 24.8 Å². The number of hydrogen-bond acceptors (Lipinski definition) is 8. The van der Waals surface area contributed by atoms with Crippen molar-refractivity contribution >= 4 is 28.3 Å². The van der Waals surface area contributed by atoms with E-state index in [0.29, 0.717) is 11.9 Å². The number of rotatable bonds is 7. The first kappa shape index (κ1) is 20.8. The number of pyridine rings is 1. The molecular formula is C22H29N9O. The van der Waals surface area contributed by atoms with Crippen molar-refractivity contribution in [2.45, 2.75) is 38.6 Å². The van der Waals surface area contributed by atoms with Gasteiger partial charge < -0.3 is 15.0 Å². The molecule has 0 aliphatic carbocycles. The SMILES string of the molecule is Cc1cc2ncnn2cc1Nc1ncc2c(n1)c(C1CCOCC1)nn2CCCN(C)C. The summed E-state index contributed by atoms with van der Waals surface area (Å²) in [6.45, 7) is 5.43. The molecule has 10 nitrogen and oxygen atoms in total. The molecule has 1 saturated heterocycles. The lowest BCUT2D eigenvalue weighted by atomic mass is 9.96. The lowest BCUT2D eigenvalue weighted by molar-refractivity contribution is 0.0846. The van der Waals surface area contributed by atoms with Crippen molar-refractivity contribution in [1.82, 2.24) is 39.2 Å². The standard InChI is InChI=1S/C22H29N9O/c1-15-11-19-24-14-25-31(19)13-17(15)26-22-23-12-18-21(27-22)20(16-5-9-32-10-6-16)28-30(18)8-4-7-29(2)3/h11-14,16H,4-10H2,1-3H3,(H,23,26,27). The van der Waals surface area contributed by atoms with Gasteiger partial charge in [-0.3, -0.25) is 4.68 Å². The number of hydrogen-bond donors (Lipinski definition) is 1. The van der Waals surface area contributed by atoms with E-state index in [0.717, 1.165) is 79.2 Å². The van der Waals surface area contributed by atoms with Crippen LogP contribution in [-0.4, -0.2) is 73.1 Å². The van der Waals surface area contributed by atoms with E-state index in [9.17, 15) is 0 Å². The lowest BCUT2D eigenvalue weighted by Gasteiger charge is -2.20. The second kappa shape index (κ2) is 8.79. The molecule has 0 spiro atoms. The summed E-state index contributed by atoms with van der Waals surface area (Å²) >= 11 is 0. The van der Waals surface area contributed by atoms with E-state index in [1.54, 1.807) is 10.8 Å². The molecular weight excluding hydrogens is 406 g/mol. The third kappa shape index (κ3) is 4.15. The maximum Gasteiger partial charge on any atom is 0.227 e. The monoisotopic (exact) mass is 435 g/mol. The number of aryl methyl sites for hydroxylation is 2. The molecule has 1 aliphatic heterocycles. The van der Waals surface area contributed by atoms with Gasteiger partial charge in [0.2, 0.25) is 5.95 Å². The molecule has 0 bridgehead atoms. The van der Waals surface area contributed by atoms with Gasteiger partial charge in [0.15, 0.2) is 5.65 Å². The van der Waals surface area contributed by atoms with Crippen LogP contribution in [0.5, 0.6) is 0 Å². The number of anilines is 2. The molecule has 32 heavy (non-hydrogen) atoms. The van der Waals surface area contributed by atoms with Gasteiger partial charge >= 0.3 is 0 Å². The van der Waals surface area contributed by atoms with Crippen molar-refractivity contribution in [2.75, 3.05) is 39.2 Å². The Kier molecular flexibility index (Phi) is 5.71. The Labute approximate surface area is 186 Å². The molecule has 4 aromatic heterocycles. The fraction of sp³-hybridized carbons (Fsp3) is 0.500. The van der Waals surface area contributed by atoms with Crippen molar-refractivity contribution < 1.29 is 4.74 Å². The van der Waals surface area contributed by atoms with Gasteiger partial charge in [0.05, 0.1) is 23.8 Å². The van der Waals surface area contributed by atoms with Crippen LogP contribution < -0.4 is 5.32 Å². The van der Waals surface area contributed by atoms with Crippen LogP contribution in [0.25, 0.3) is 16.7 Å². The molecule has 1 fully saturated rings. The van der Waals surface area contributed by atoms with Crippen LogP contribution in [0.4, 0.5) is 11.6 Å². The average molecular weight is 436 g/mol. The minimum atomic E-state index is 0.359. The Morgan fingerprint density at radius 3 is 2.88 bits per heavy atom. The topological polar surface area (TPSA) is 98.3 Å². The highest BCUT2D eigenvalue weighted by atomic mass is 16.5. The van der Waals surface area contributed by atoms with E-state index in [1.807, 2.05) is 25.4 Å². The van der Waals surface area contributed by atoms with Crippen LogP contribution in [0.1, 0.15) is 36.4 Å². The normalized spacial score (nSPS) is 15.2. The van der Waals surface area contributed by atoms with E-state index >= 15 is 0 Å². The highest BCUT2D eigenvalue weighted by Crippen LogP contribution is 2.31. The third-order valence-corrected chi connectivity index (χ3v) is 5.97. The average Bonchev–Trinajstić information content (AvgIpc) is 3.38. The molecule has 4 aromatic rings. The van der Waals surface area contributed by atoms with Gasteiger partial charge in [0.25, 0.3) is 0 Å². The van der Waals surface area contributed by atoms with Gasteiger partial charge in [-0.1, -0.05) is 0 Å². The Bertz CT molecular complexity index is 1220. The van der Waals surface area contributed by atoms with Gasteiger partial charge in [-0.15, -0.1) is 0 Å². The maximum atomic E-state index is 5.58. The second-order valence-corrected chi connectivity index (χ2v) is 8.64. The van der Waals surface area contributed by atoms with Gasteiger partial charge in [-0.25, -0.2) is 19.5 Å². The molecule has 0 atom stereocenters. The van der Waals surface area contributed by atoms with E-state index in [2.05, 4.69) is 44.1 Å². The molecule has 168 valence electrons. The summed E-state index contributed by atoms with van der Waals surface area (Å²) in [5, 5.41) is 12.6. The quantitative estimate of drug-likeness (QED) is 0.473. The number of ether oxygens (including phenoxy) is 1. The van der Waals surface area contributed by atoms with Crippen LogP contribution in [-0.2, 0) is 11.3 Å². The van der Waals surface area contributed by atoms with Gasteiger partial charge in [0, 0.05) is 25.7 Å². The zero-order chi connectivity index (χ0) is 22.1. The minimum Gasteiger partial charge on any atom is -0.381 e. The van der Waals surface area contributed by atoms with E-state index < -0.39 is 0 Å². The minimum absolute atomic E-state index is 0.359. The first-order chi connectivity index (χ1) is 15.6. The maximum absolute atomic E-state index is 5.58. The first-order valence-electron chi connectivity index (χ1n) is 11.1. The summed E-state index contributed by atoms with van der Waals surface area (Å²) in [7, 11) is 4.18. The number of nitrogens with zero attached hydrogens (tertiary/aromatic N) is 8. The fourth-order valence-electron chi connectivity index (χ4n) is 4.21. The van der Waals surface area contributed by atoms with Gasteiger partial charge in [-0.2, -0.15) is 10.2 Å². The Morgan fingerprint density at radius 2 is 2.06 bits per heavy atom. The van der Waals surface area contributed by atoms with Crippen molar-refractivity contribution in [3.8, 4) is 0 Å². The Balaban J connectivity index is 1.49. The van der Waals surface area contributed by atoms with E-state index in [1.165, 1.54) is 0 Å². The van der Waals surface area contributed by atoms with Crippen molar-refractivity contribution in [1.29, 1.82) is 0 Å². The first-order valence-corrected chi connectivity index (χ1v) is 11.1. The summed E-state index contributed by atoms with van der Waals surface area (Å²) in [5.74, 6) is 0.915. The lowest BCUT2D eigenvalue weighted by Crippen LogP contribution is -2.16. The zero-order valence-corrected chi connectivity index (χ0v) is 18.8. The van der Waals surface area contributed by atoms with Crippen LogP contribution in [0.2, 0.25) is 0 Å². The largest absolute Gasteiger partial charge is 0.381 e. The Morgan fingerprint density at radius 1 is 1.22 bits per heavy atom. The molecule has 1 aliphatic rings. The third-order valence-electron chi connectivity index (χ3n) is 5.97. The number of fused-ring (bicyclic) bond motifs is 2. The smallest absolute Gasteiger partial charge is 0.227 e. The molecule has 5 rings (SSSR count). The molecule has 1 N–H and O–H groups in total. The predicted octanol–water partition coefficient (Wildman–Crippen LogP) is 2.77. The molecule has 0 aromatic carbocycles. The summed E-state index contributed by atoms with van der Waals surface area (Å²) in [6.07, 6.45) is 8.31. The van der Waals surface area contributed by atoms with Crippen LogP contribution >= 0.6 is 0 Å². The molecule has 0 radical (unpaired) electrons. The molecule has 10 heteroatoms. The van der Waals surface area contributed by atoms with Gasteiger partial charge in [-0.05, 0) is 58.5 Å². The second-order valence-electron chi connectivity index (χ2n) is 8.64. The number of aromatic nitrogens is 7. The molecule has 5 heterocycles. The van der Waals surface area contributed by atoms with E-state index in [4.69, 9.17) is 14.8 Å².